The molecule has 1 N–H and O–H groups in total. The van der Waals surface area contributed by atoms with Crippen LogP contribution in [-0.4, -0.2) is 45.9 Å². The topological polar surface area (TPSA) is 74.0 Å². The quantitative estimate of drug-likeness (QED) is 0.893. The van der Waals surface area contributed by atoms with Gasteiger partial charge in [-0.15, -0.1) is 0 Å². The van der Waals surface area contributed by atoms with Crippen molar-refractivity contribution in [3.8, 4) is 0 Å². The van der Waals surface area contributed by atoms with Gasteiger partial charge in [-0.25, -0.2) is 0 Å². The molecule has 1 aromatic heterocycles. The summed E-state index contributed by atoms with van der Waals surface area (Å²) in [5.74, 6) is 0.383. The van der Waals surface area contributed by atoms with E-state index < -0.39 is 0 Å². The number of hydrogen-bond donors (Lipinski definition) is 1. The van der Waals surface area contributed by atoms with Crippen LogP contribution >= 0.6 is 0 Å². The molecule has 1 unspecified atom stereocenters. The molecule has 1 aliphatic heterocycles. The maximum Gasteiger partial charge on any atom is 0.289 e. The van der Waals surface area contributed by atoms with E-state index in [4.69, 9.17) is 9.52 Å². The largest absolute Gasteiger partial charge is 0.453 e. The first-order valence-electron chi connectivity index (χ1n) is 8.94. The summed E-state index contributed by atoms with van der Waals surface area (Å²) < 4.78 is 5.37. The number of rotatable bonds is 5. The van der Waals surface area contributed by atoms with Crippen LogP contribution in [0.1, 0.15) is 41.6 Å². The van der Waals surface area contributed by atoms with Crippen LogP contribution < -0.4 is 0 Å². The highest BCUT2D eigenvalue weighted by molar-refractivity contribution is 5.92. The number of hydrogen-bond acceptors (Lipinski definition) is 4. The van der Waals surface area contributed by atoms with Gasteiger partial charge >= 0.3 is 0 Å². The summed E-state index contributed by atoms with van der Waals surface area (Å²) >= 11 is 0. The van der Waals surface area contributed by atoms with Gasteiger partial charge in [-0.3, -0.25) is 9.59 Å². The Bertz CT molecular complexity index is 756. The van der Waals surface area contributed by atoms with Crippen molar-refractivity contribution in [2.24, 2.45) is 0 Å². The lowest BCUT2D eigenvalue weighted by Crippen LogP contribution is -2.43. The highest BCUT2D eigenvalue weighted by Gasteiger charge is 2.31. The van der Waals surface area contributed by atoms with Crippen molar-refractivity contribution in [3.05, 3.63) is 59.5 Å². The summed E-state index contributed by atoms with van der Waals surface area (Å²) in [7, 11) is 0. The lowest BCUT2D eigenvalue weighted by Gasteiger charge is -2.31. The van der Waals surface area contributed by atoms with Crippen LogP contribution in [0, 0.1) is 0 Å². The van der Waals surface area contributed by atoms with E-state index in [0.29, 0.717) is 31.8 Å². The van der Waals surface area contributed by atoms with Crippen LogP contribution in [-0.2, 0) is 17.9 Å². The van der Waals surface area contributed by atoms with Crippen molar-refractivity contribution < 1.29 is 19.1 Å². The zero-order valence-corrected chi connectivity index (χ0v) is 14.9. The number of nitrogens with zero attached hydrogens (tertiary/aromatic N) is 2. The summed E-state index contributed by atoms with van der Waals surface area (Å²) in [6.45, 7) is 3.18. The van der Waals surface area contributed by atoms with Gasteiger partial charge in [-0.05, 0) is 24.1 Å². The first-order chi connectivity index (χ1) is 12.6. The third-order valence-corrected chi connectivity index (χ3v) is 4.77. The van der Waals surface area contributed by atoms with Gasteiger partial charge in [-0.2, -0.15) is 0 Å². The van der Waals surface area contributed by atoms with Crippen LogP contribution in [0.4, 0.5) is 0 Å². The van der Waals surface area contributed by atoms with Gasteiger partial charge in [0.15, 0.2) is 5.76 Å². The summed E-state index contributed by atoms with van der Waals surface area (Å²) in [6, 6.07) is 13.0. The molecule has 6 heteroatoms. The molecule has 2 amide bonds. The molecule has 1 aliphatic rings. The minimum absolute atomic E-state index is 0.0403. The zero-order valence-electron chi connectivity index (χ0n) is 14.9. The summed E-state index contributed by atoms with van der Waals surface area (Å²) in [5.41, 5.74) is 1.08. The van der Waals surface area contributed by atoms with Gasteiger partial charge in [0, 0.05) is 32.1 Å². The second-order valence-electron chi connectivity index (χ2n) is 6.49. The van der Waals surface area contributed by atoms with Crippen molar-refractivity contribution >= 4 is 11.8 Å². The molecule has 2 aromatic rings. The van der Waals surface area contributed by atoms with Crippen LogP contribution in [0.3, 0.4) is 0 Å². The van der Waals surface area contributed by atoms with Gasteiger partial charge in [0.05, 0.1) is 0 Å². The van der Waals surface area contributed by atoms with Crippen molar-refractivity contribution in [2.75, 3.05) is 13.1 Å². The maximum atomic E-state index is 12.7. The third kappa shape index (κ3) is 3.96. The van der Waals surface area contributed by atoms with Crippen LogP contribution in [0.5, 0.6) is 0 Å². The minimum Gasteiger partial charge on any atom is -0.453 e. The molecule has 0 bridgehead atoms. The summed E-state index contributed by atoms with van der Waals surface area (Å²) in [6.07, 6.45) is 1.06. The highest BCUT2D eigenvalue weighted by atomic mass is 16.4. The second-order valence-corrected chi connectivity index (χ2v) is 6.49. The lowest BCUT2D eigenvalue weighted by molar-refractivity contribution is -0.133. The first kappa shape index (κ1) is 18.2. The van der Waals surface area contributed by atoms with Crippen molar-refractivity contribution in [1.29, 1.82) is 0 Å². The molecule has 26 heavy (non-hydrogen) atoms. The number of carbonyl (C=O) groups excluding carboxylic acids is 2. The predicted molar refractivity (Wildman–Crippen MR) is 96.2 cm³/mol. The molecule has 2 heterocycles. The fourth-order valence-electron chi connectivity index (χ4n) is 3.29. The summed E-state index contributed by atoms with van der Waals surface area (Å²) in [4.78, 5) is 29.0. The molecular formula is C20H24N2O4. The van der Waals surface area contributed by atoms with E-state index >= 15 is 0 Å². The molecule has 0 radical (unpaired) electrons. The Morgan fingerprint density at radius 1 is 1.23 bits per heavy atom. The molecule has 0 aliphatic carbocycles. The van der Waals surface area contributed by atoms with E-state index in [-0.39, 0.29) is 30.2 Å². The average Bonchev–Trinajstić information content (AvgIpc) is 3.10. The number of aliphatic hydroxyl groups is 1. The Morgan fingerprint density at radius 2 is 2.00 bits per heavy atom. The van der Waals surface area contributed by atoms with E-state index in [1.165, 1.54) is 0 Å². The average molecular weight is 356 g/mol. The standard InChI is InChI=1S/C20H24N2O4/c1-2-16-13-21(20(25)18-9-8-17(14-23)26-18)11-10-19(24)22(16)12-15-6-4-3-5-7-15/h3-9,16,23H,2,10-14H2,1H3. The van der Waals surface area contributed by atoms with E-state index in [9.17, 15) is 9.59 Å². The SMILES string of the molecule is CCC1CN(C(=O)c2ccc(CO)o2)CCC(=O)N1Cc1ccccc1. The molecule has 1 aromatic carbocycles. The monoisotopic (exact) mass is 356 g/mol. The third-order valence-electron chi connectivity index (χ3n) is 4.77. The first-order valence-corrected chi connectivity index (χ1v) is 8.94. The van der Waals surface area contributed by atoms with Crippen LogP contribution in [0.2, 0.25) is 0 Å². The Morgan fingerprint density at radius 3 is 2.65 bits per heavy atom. The number of aliphatic hydroxyl groups excluding tert-OH is 1. The summed E-state index contributed by atoms with van der Waals surface area (Å²) in [5, 5.41) is 9.11. The molecule has 1 fully saturated rings. The van der Waals surface area contributed by atoms with E-state index in [1.54, 1.807) is 17.0 Å². The van der Waals surface area contributed by atoms with Gasteiger partial charge in [0.2, 0.25) is 5.91 Å². The number of benzene rings is 1. The molecule has 6 nitrogen and oxygen atoms in total. The Balaban J connectivity index is 1.76. The molecule has 0 spiro atoms. The highest BCUT2D eigenvalue weighted by Crippen LogP contribution is 2.20. The maximum absolute atomic E-state index is 12.7. The fourth-order valence-corrected chi connectivity index (χ4v) is 3.29. The van der Waals surface area contributed by atoms with Crippen molar-refractivity contribution in [1.82, 2.24) is 9.80 Å². The molecular weight excluding hydrogens is 332 g/mol. The van der Waals surface area contributed by atoms with Gasteiger partial charge in [-0.1, -0.05) is 37.3 Å². The van der Waals surface area contributed by atoms with Crippen LogP contribution in [0.15, 0.2) is 46.9 Å². The lowest BCUT2D eigenvalue weighted by atomic mass is 10.1. The molecule has 1 atom stereocenters. The zero-order chi connectivity index (χ0) is 18.5. The number of amides is 2. The van der Waals surface area contributed by atoms with Crippen molar-refractivity contribution in [3.63, 3.8) is 0 Å². The van der Waals surface area contributed by atoms with Gasteiger partial charge in [0.1, 0.15) is 12.4 Å². The Labute approximate surface area is 153 Å². The molecule has 1 saturated heterocycles. The van der Waals surface area contributed by atoms with E-state index in [1.807, 2.05) is 42.2 Å². The van der Waals surface area contributed by atoms with Gasteiger partial charge in [0.25, 0.3) is 5.91 Å². The van der Waals surface area contributed by atoms with Crippen molar-refractivity contribution in [2.45, 2.75) is 39.0 Å². The number of furan rings is 1. The smallest absolute Gasteiger partial charge is 0.289 e. The Hall–Kier alpha value is -2.60. The second kappa shape index (κ2) is 8.19. The van der Waals surface area contributed by atoms with E-state index in [2.05, 4.69) is 0 Å². The fraction of sp³-hybridized carbons (Fsp3) is 0.400. The minimum atomic E-state index is -0.242. The normalized spacial score (nSPS) is 18.1. The molecule has 3 rings (SSSR count). The van der Waals surface area contributed by atoms with Crippen LogP contribution in [0.25, 0.3) is 0 Å². The van der Waals surface area contributed by atoms with Gasteiger partial charge < -0.3 is 19.3 Å². The number of carbonyl (C=O) groups is 2. The van der Waals surface area contributed by atoms with E-state index in [0.717, 1.165) is 12.0 Å². The predicted octanol–water partition coefficient (Wildman–Crippen LogP) is 2.43. The molecule has 138 valence electrons. The molecule has 0 saturated carbocycles. The Kier molecular flexibility index (Phi) is 5.73.